The summed E-state index contributed by atoms with van der Waals surface area (Å²) in [6.45, 7) is 0. The maximum Gasteiger partial charge on any atom is 0.309 e. The fourth-order valence-corrected chi connectivity index (χ4v) is 2.77. The van der Waals surface area contributed by atoms with Crippen molar-refractivity contribution in [3.63, 3.8) is 0 Å². The fraction of sp³-hybridized carbons (Fsp3) is 0.833. The van der Waals surface area contributed by atoms with E-state index in [1.165, 1.54) is 0 Å². The van der Waals surface area contributed by atoms with Crippen molar-refractivity contribution in [2.75, 3.05) is 11.5 Å². The third-order valence-electron chi connectivity index (χ3n) is 1.89. The lowest BCUT2D eigenvalue weighted by molar-refractivity contribution is -0.148. The van der Waals surface area contributed by atoms with Gasteiger partial charge in [-0.15, -0.1) is 0 Å². The van der Waals surface area contributed by atoms with E-state index in [0.717, 1.165) is 0 Å². The van der Waals surface area contributed by atoms with Gasteiger partial charge in [0, 0.05) is 0 Å². The first-order valence-corrected chi connectivity index (χ1v) is 5.35. The minimum atomic E-state index is -3.41. The Morgan fingerprint density at radius 1 is 1.46 bits per heavy atom. The van der Waals surface area contributed by atoms with Crippen molar-refractivity contribution in [1.29, 1.82) is 0 Å². The Hall–Kier alpha value is -0.720. The number of aliphatic carboxylic acids is 1. The highest BCUT2D eigenvalue weighted by Gasteiger charge is 2.51. The molecule has 13 heavy (non-hydrogen) atoms. The second-order valence-corrected chi connectivity index (χ2v) is 5.26. The van der Waals surface area contributed by atoms with Crippen LogP contribution in [0.25, 0.3) is 0 Å². The van der Waals surface area contributed by atoms with Crippen LogP contribution in [0.3, 0.4) is 0 Å². The van der Waals surface area contributed by atoms with Gasteiger partial charge in [-0.05, 0) is 0 Å². The average Bonchev–Trinajstić information content (AvgIpc) is 1.79. The molecule has 1 aliphatic rings. The van der Waals surface area contributed by atoms with E-state index in [4.69, 9.17) is 5.11 Å². The number of hydrogen-bond acceptors (Lipinski definition) is 3. The van der Waals surface area contributed by atoms with E-state index in [1.807, 2.05) is 0 Å². The number of sulfone groups is 1. The molecular weight excluding hydrogens is 206 g/mol. The minimum absolute atomic E-state index is 0.604. The lowest BCUT2D eigenvalue weighted by atomic mass is 10.0. The average molecular weight is 214 g/mol. The van der Waals surface area contributed by atoms with Crippen LogP contribution in [0.2, 0.25) is 0 Å². The fourth-order valence-electron chi connectivity index (χ4n) is 1.15. The smallest absolute Gasteiger partial charge is 0.309 e. The van der Waals surface area contributed by atoms with Gasteiger partial charge < -0.3 is 5.11 Å². The Morgan fingerprint density at radius 2 is 1.92 bits per heavy atom. The van der Waals surface area contributed by atoms with Crippen molar-refractivity contribution in [2.45, 2.75) is 12.3 Å². The summed E-state index contributed by atoms with van der Waals surface area (Å²) in [5.41, 5.74) is 0. The van der Waals surface area contributed by atoms with Gasteiger partial charge in [-0.25, -0.2) is 17.2 Å². The van der Waals surface area contributed by atoms with Crippen molar-refractivity contribution < 1.29 is 27.1 Å². The van der Waals surface area contributed by atoms with Gasteiger partial charge in [0.25, 0.3) is 5.92 Å². The van der Waals surface area contributed by atoms with E-state index in [-0.39, 0.29) is 0 Å². The summed E-state index contributed by atoms with van der Waals surface area (Å²) < 4.78 is 46.7. The molecular formula is C6H8F2O4S. The van der Waals surface area contributed by atoms with Crippen molar-refractivity contribution in [3.8, 4) is 0 Å². The zero-order valence-corrected chi connectivity index (χ0v) is 7.35. The Labute approximate surface area is 73.5 Å². The summed E-state index contributed by atoms with van der Waals surface area (Å²) in [5, 5.41) is 8.12. The van der Waals surface area contributed by atoms with Gasteiger partial charge in [0.1, 0.15) is 6.42 Å². The normalized spacial score (nSPS) is 22.3. The number of halogens is 2. The molecule has 0 atom stereocenters. The first-order valence-electron chi connectivity index (χ1n) is 3.53. The van der Waals surface area contributed by atoms with E-state index in [9.17, 15) is 22.0 Å². The van der Waals surface area contributed by atoms with Gasteiger partial charge in [-0.2, -0.15) is 0 Å². The van der Waals surface area contributed by atoms with Crippen LogP contribution in [-0.4, -0.2) is 36.9 Å². The molecule has 1 saturated heterocycles. The Bertz CT molecular complexity index is 310. The van der Waals surface area contributed by atoms with Gasteiger partial charge >= 0.3 is 5.97 Å². The molecule has 0 aromatic heterocycles. The highest BCUT2D eigenvalue weighted by Crippen LogP contribution is 2.36. The molecule has 1 fully saturated rings. The van der Waals surface area contributed by atoms with Crippen molar-refractivity contribution in [3.05, 3.63) is 0 Å². The number of alkyl halides is 2. The predicted molar refractivity (Wildman–Crippen MR) is 39.3 cm³/mol. The molecule has 1 N–H and O–H groups in total. The van der Waals surface area contributed by atoms with Crippen LogP contribution in [0.4, 0.5) is 8.78 Å². The van der Waals surface area contributed by atoms with E-state index in [2.05, 4.69) is 0 Å². The van der Waals surface area contributed by atoms with Gasteiger partial charge in [-0.3, -0.25) is 4.79 Å². The van der Waals surface area contributed by atoms with Gasteiger partial charge in [0.05, 0.1) is 17.4 Å². The third kappa shape index (κ3) is 2.36. The van der Waals surface area contributed by atoms with Crippen LogP contribution in [0.1, 0.15) is 6.42 Å². The quantitative estimate of drug-likeness (QED) is 0.725. The summed E-state index contributed by atoms with van der Waals surface area (Å²) in [6, 6.07) is 0. The zero-order valence-electron chi connectivity index (χ0n) is 6.53. The first-order chi connectivity index (χ1) is 5.73. The van der Waals surface area contributed by atoms with Gasteiger partial charge in [0.15, 0.2) is 9.84 Å². The molecule has 0 unspecified atom stereocenters. The molecule has 1 aliphatic heterocycles. The maximum absolute atomic E-state index is 12.8. The van der Waals surface area contributed by atoms with E-state index < -0.39 is 45.6 Å². The van der Waals surface area contributed by atoms with Crippen molar-refractivity contribution >= 4 is 15.8 Å². The van der Waals surface area contributed by atoms with E-state index >= 15 is 0 Å². The molecule has 4 nitrogen and oxygen atoms in total. The molecule has 0 amide bonds. The number of hydrogen-bond donors (Lipinski definition) is 1. The Morgan fingerprint density at radius 3 is 2.23 bits per heavy atom. The van der Waals surface area contributed by atoms with Gasteiger partial charge in [-0.1, -0.05) is 0 Å². The first kappa shape index (κ1) is 10.4. The summed E-state index contributed by atoms with van der Waals surface area (Å²) >= 11 is 0. The van der Waals surface area contributed by atoms with Crippen LogP contribution >= 0.6 is 0 Å². The second kappa shape index (κ2) is 2.90. The Balaban J connectivity index is 2.58. The topological polar surface area (TPSA) is 71.4 Å². The zero-order chi connectivity index (χ0) is 10.3. The molecule has 0 aromatic rings. The monoisotopic (exact) mass is 214 g/mol. The molecule has 7 heteroatoms. The lowest BCUT2D eigenvalue weighted by Crippen LogP contribution is -2.48. The summed E-state index contributed by atoms with van der Waals surface area (Å²) in [4.78, 5) is 9.99. The molecule has 0 aliphatic carbocycles. The second-order valence-electron chi connectivity index (χ2n) is 3.11. The van der Waals surface area contributed by atoms with Gasteiger partial charge in [0.2, 0.25) is 0 Å². The largest absolute Gasteiger partial charge is 0.481 e. The minimum Gasteiger partial charge on any atom is -0.481 e. The Kier molecular flexibility index (Phi) is 2.31. The SMILES string of the molecule is O=C(O)CC(F)(F)C1CS(=O)(=O)C1. The molecule has 76 valence electrons. The van der Waals surface area contributed by atoms with Crippen molar-refractivity contribution in [1.82, 2.24) is 0 Å². The van der Waals surface area contributed by atoms with Crippen LogP contribution in [0.15, 0.2) is 0 Å². The molecule has 0 radical (unpaired) electrons. The molecule has 1 heterocycles. The summed E-state index contributed by atoms with van der Waals surface area (Å²) in [5.74, 6) is -7.56. The molecule has 0 saturated carbocycles. The highest BCUT2D eigenvalue weighted by molar-refractivity contribution is 7.92. The van der Waals surface area contributed by atoms with Crippen LogP contribution in [0.5, 0.6) is 0 Å². The standard InChI is InChI=1S/C6H8F2O4S/c7-6(8,1-5(9)10)4-2-13(11,12)3-4/h4H,1-3H2,(H,9,10). The number of carboxylic acids is 1. The van der Waals surface area contributed by atoms with Crippen LogP contribution in [0, 0.1) is 5.92 Å². The number of rotatable bonds is 3. The van der Waals surface area contributed by atoms with Crippen molar-refractivity contribution in [2.24, 2.45) is 5.92 Å². The molecule has 0 bridgehead atoms. The third-order valence-corrected chi connectivity index (χ3v) is 3.71. The molecule has 0 aromatic carbocycles. The van der Waals surface area contributed by atoms with E-state index in [1.54, 1.807) is 0 Å². The summed E-state index contributed by atoms with van der Waals surface area (Å²) in [6.07, 6.45) is -1.30. The van der Waals surface area contributed by atoms with E-state index in [0.29, 0.717) is 0 Å². The lowest BCUT2D eigenvalue weighted by Gasteiger charge is -2.32. The molecule has 1 rings (SSSR count). The number of carbonyl (C=O) groups is 1. The summed E-state index contributed by atoms with van der Waals surface area (Å²) in [7, 11) is -3.32. The maximum atomic E-state index is 12.8. The molecule has 0 spiro atoms. The van der Waals surface area contributed by atoms with Crippen LogP contribution in [-0.2, 0) is 14.6 Å². The highest BCUT2D eigenvalue weighted by atomic mass is 32.2. The van der Waals surface area contributed by atoms with Crippen LogP contribution < -0.4 is 0 Å². The predicted octanol–water partition coefficient (Wildman–Crippen LogP) is 0.141. The number of carboxylic acid groups (broad SMARTS) is 1.